The van der Waals surface area contributed by atoms with Gasteiger partial charge in [0.05, 0.1) is 18.7 Å². The molecule has 1 heterocycles. The number of rotatable bonds is 5. The van der Waals surface area contributed by atoms with Gasteiger partial charge in [-0.05, 0) is 13.8 Å². The molecule has 0 atom stereocenters. The summed E-state index contributed by atoms with van der Waals surface area (Å²) < 4.78 is 0. The first-order valence-corrected chi connectivity index (χ1v) is 6.46. The molecule has 1 rings (SSSR count). The number of thiazole rings is 1. The van der Waals surface area contributed by atoms with Gasteiger partial charge < -0.3 is 20.4 Å². The predicted molar refractivity (Wildman–Crippen MR) is 70.2 cm³/mol. The molecule has 8 heteroatoms. The molecule has 0 aliphatic carbocycles. The van der Waals surface area contributed by atoms with Crippen LogP contribution in [0.4, 0.5) is 4.79 Å². The van der Waals surface area contributed by atoms with E-state index in [2.05, 4.69) is 10.3 Å². The van der Waals surface area contributed by atoms with Crippen molar-refractivity contribution in [1.29, 1.82) is 0 Å². The molecule has 2 amide bonds. The summed E-state index contributed by atoms with van der Waals surface area (Å²) in [6.45, 7) is 3.57. The summed E-state index contributed by atoms with van der Waals surface area (Å²) in [4.78, 5) is 27.5. The second-order valence-electron chi connectivity index (χ2n) is 4.76. The SMILES string of the molecule is CN(CC(C)(C)O)C(=O)NCc1nc(C(=O)O)cs1. The average Bonchev–Trinajstić information content (AvgIpc) is 2.72. The van der Waals surface area contributed by atoms with Gasteiger partial charge in [0.15, 0.2) is 5.69 Å². The number of aliphatic hydroxyl groups is 1. The maximum Gasteiger partial charge on any atom is 0.355 e. The number of carbonyl (C=O) groups excluding carboxylic acids is 1. The van der Waals surface area contributed by atoms with Crippen LogP contribution in [0.25, 0.3) is 0 Å². The van der Waals surface area contributed by atoms with Gasteiger partial charge in [-0.1, -0.05) is 0 Å². The number of carboxylic acids is 1. The highest BCUT2D eigenvalue weighted by molar-refractivity contribution is 7.09. The van der Waals surface area contributed by atoms with Gasteiger partial charge in [-0.3, -0.25) is 0 Å². The number of aromatic nitrogens is 1. The van der Waals surface area contributed by atoms with Crippen LogP contribution in [0.1, 0.15) is 29.3 Å². The molecular weight excluding hydrogens is 270 g/mol. The maximum absolute atomic E-state index is 11.7. The van der Waals surface area contributed by atoms with E-state index in [9.17, 15) is 14.7 Å². The zero-order chi connectivity index (χ0) is 14.6. The van der Waals surface area contributed by atoms with Gasteiger partial charge in [0.25, 0.3) is 0 Å². The number of aromatic carboxylic acids is 1. The van der Waals surface area contributed by atoms with Crippen molar-refractivity contribution in [3.8, 4) is 0 Å². The number of carbonyl (C=O) groups is 2. The van der Waals surface area contributed by atoms with Crippen LogP contribution in [0.15, 0.2) is 5.38 Å². The van der Waals surface area contributed by atoms with Crippen LogP contribution in [0, 0.1) is 0 Å². The number of nitrogens with one attached hydrogen (secondary N) is 1. The molecule has 1 aromatic heterocycles. The molecule has 0 aromatic carbocycles. The van der Waals surface area contributed by atoms with E-state index in [1.165, 1.54) is 21.6 Å². The third-order valence-corrected chi connectivity index (χ3v) is 2.98. The summed E-state index contributed by atoms with van der Waals surface area (Å²) in [5.74, 6) is -1.09. The van der Waals surface area contributed by atoms with E-state index in [1.807, 2.05) is 0 Å². The Morgan fingerprint density at radius 1 is 1.53 bits per heavy atom. The molecule has 0 saturated carbocycles. The smallest absolute Gasteiger partial charge is 0.355 e. The molecular formula is C11H17N3O4S. The van der Waals surface area contributed by atoms with Crippen LogP contribution >= 0.6 is 11.3 Å². The quantitative estimate of drug-likeness (QED) is 0.741. The lowest BCUT2D eigenvalue weighted by atomic mass is 10.1. The Kier molecular flexibility index (Phi) is 4.84. The highest BCUT2D eigenvalue weighted by Crippen LogP contribution is 2.09. The maximum atomic E-state index is 11.7. The molecule has 3 N–H and O–H groups in total. The summed E-state index contributed by atoms with van der Waals surface area (Å²) in [6, 6.07) is -0.353. The Labute approximate surface area is 114 Å². The van der Waals surface area contributed by atoms with E-state index < -0.39 is 11.6 Å². The molecule has 0 fully saturated rings. The minimum absolute atomic E-state index is 0.0286. The molecule has 0 unspecified atom stereocenters. The van der Waals surface area contributed by atoms with Gasteiger partial charge in [-0.15, -0.1) is 11.3 Å². The number of likely N-dealkylation sites (N-methyl/N-ethyl adjacent to an activating group) is 1. The number of amides is 2. The van der Waals surface area contributed by atoms with Crippen molar-refractivity contribution in [2.75, 3.05) is 13.6 Å². The largest absolute Gasteiger partial charge is 0.476 e. The first-order valence-electron chi connectivity index (χ1n) is 5.58. The van der Waals surface area contributed by atoms with Crippen LogP contribution in [0.3, 0.4) is 0 Å². The lowest BCUT2D eigenvalue weighted by Gasteiger charge is -2.25. The summed E-state index contributed by atoms with van der Waals surface area (Å²) in [7, 11) is 1.57. The van der Waals surface area contributed by atoms with Crippen molar-refractivity contribution in [1.82, 2.24) is 15.2 Å². The van der Waals surface area contributed by atoms with E-state index in [0.717, 1.165) is 0 Å². The molecule has 0 aliphatic heterocycles. The van der Waals surface area contributed by atoms with E-state index in [4.69, 9.17) is 5.11 Å². The number of hydrogen-bond acceptors (Lipinski definition) is 5. The zero-order valence-corrected chi connectivity index (χ0v) is 11.8. The predicted octanol–water partition coefficient (Wildman–Crippen LogP) is 0.754. The third kappa shape index (κ3) is 5.23. The molecule has 0 saturated heterocycles. The van der Waals surface area contributed by atoms with Crippen LogP contribution < -0.4 is 5.32 Å². The molecule has 19 heavy (non-hydrogen) atoms. The minimum atomic E-state index is -1.09. The first-order chi connectivity index (χ1) is 8.69. The second kappa shape index (κ2) is 5.98. The van der Waals surface area contributed by atoms with Crippen molar-refractivity contribution >= 4 is 23.3 Å². The average molecular weight is 287 g/mol. The van der Waals surface area contributed by atoms with E-state index in [1.54, 1.807) is 20.9 Å². The fourth-order valence-corrected chi connectivity index (χ4v) is 2.14. The number of hydrogen-bond donors (Lipinski definition) is 3. The lowest BCUT2D eigenvalue weighted by molar-refractivity contribution is 0.0531. The monoisotopic (exact) mass is 287 g/mol. The van der Waals surface area contributed by atoms with Crippen molar-refractivity contribution in [3.63, 3.8) is 0 Å². The van der Waals surface area contributed by atoms with Crippen LogP contribution in [-0.4, -0.2) is 51.3 Å². The fraction of sp³-hybridized carbons (Fsp3) is 0.545. The van der Waals surface area contributed by atoms with Crippen LogP contribution in [-0.2, 0) is 6.54 Å². The summed E-state index contributed by atoms with van der Waals surface area (Å²) in [5.41, 5.74) is -0.997. The molecule has 0 spiro atoms. The lowest BCUT2D eigenvalue weighted by Crippen LogP contribution is -2.44. The first kappa shape index (κ1) is 15.4. The Morgan fingerprint density at radius 3 is 2.63 bits per heavy atom. The second-order valence-corrected chi connectivity index (χ2v) is 5.70. The highest BCUT2D eigenvalue weighted by atomic mass is 32.1. The summed E-state index contributed by atoms with van der Waals surface area (Å²) in [5, 5.41) is 22.8. The molecule has 1 aromatic rings. The zero-order valence-electron chi connectivity index (χ0n) is 11.0. The van der Waals surface area contributed by atoms with Crippen LogP contribution in [0.5, 0.6) is 0 Å². The molecule has 106 valence electrons. The Bertz CT molecular complexity index is 467. The van der Waals surface area contributed by atoms with Crippen molar-refractivity contribution in [2.24, 2.45) is 0 Å². The number of carboxylic acid groups (broad SMARTS) is 1. The normalized spacial score (nSPS) is 11.2. The van der Waals surface area contributed by atoms with E-state index in [-0.39, 0.29) is 24.8 Å². The van der Waals surface area contributed by atoms with Crippen molar-refractivity contribution in [2.45, 2.75) is 26.0 Å². The standard InChI is InChI=1S/C11H17N3O4S/c1-11(2,18)6-14(3)10(17)12-4-8-13-7(5-19-8)9(15)16/h5,18H,4,6H2,1-3H3,(H,12,17)(H,15,16). The Hall–Kier alpha value is -1.67. The van der Waals surface area contributed by atoms with Gasteiger partial charge in [-0.25, -0.2) is 14.6 Å². The van der Waals surface area contributed by atoms with Gasteiger partial charge in [0.1, 0.15) is 5.01 Å². The van der Waals surface area contributed by atoms with Crippen LogP contribution in [0.2, 0.25) is 0 Å². The van der Waals surface area contributed by atoms with Crippen molar-refractivity contribution in [3.05, 3.63) is 16.1 Å². The summed E-state index contributed by atoms with van der Waals surface area (Å²) >= 11 is 1.17. The summed E-state index contributed by atoms with van der Waals surface area (Å²) in [6.07, 6.45) is 0. The Balaban J connectivity index is 2.47. The fourth-order valence-electron chi connectivity index (χ4n) is 1.43. The molecule has 0 bridgehead atoms. The van der Waals surface area contributed by atoms with Gasteiger partial charge >= 0.3 is 12.0 Å². The number of nitrogens with zero attached hydrogens (tertiary/aromatic N) is 2. The molecule has 7 nitrogen and oxygen atoms in total. The topological polar surface area (TPSA) is 103 Å². The highest BCUT2D eigenvalue weighted by Gasteiger charge is 2.19. The Morgan fingerprint density at radius 2 is 2.16 bits per heavy atom. The van der Waals surface area contributed by atoms with Gasteiger partial charge in [0.2, 0.25) is 0 Å². The van der Waals surface area contributed by atoms with Gasteiger partial charge in [-0.2, -0.15) is 0 Å². The van der Waals surface area contributed by atoms with Gasteiger partial charge in [0, 0.05) is 12.4 Å². The van der Waals surface area contributed by atoms with E-state index in [0.29, 0.717) is 5.01 Å². The molecule has 0 radical (unpaired) electrons. The number of urea groups is 1. The van der Waals surface area contributed by atoms with E-state index >= 15 is 0 Å². The third-order valence-electron chi connectivity index (χ3n) is 2.13. The minimum Gasteiger partial charge on any atom is -0.476 e. The molecule has 0 aliphatic rings. The van der Waals surface area contributed by atoms with Crippen molar-refractivity contribution < 1.29 is 19.8 Å².